The van der Waals surface area contributed by atoms with Gasteiger partial charge in [0, 0.05) is 70.9 Å². The van der Waals surface area contributed by atoms with Crippen LogP contribution in [0.2, 0.25) is 0 Å². The van der Waals surface area contributed by atoms with Crippen LogP contribution in [0, 0.1) is 5.82 Å². The van der Waals surface area contributed by atoms with Crippen molar-refractivity contribution >= 4 is 28.4 Å². The molecule has 4 aromatic rings. The molecule has 2 atom stereocenters. The Balaban J connectivity index is 1.10. The van der Waals surface area contributed by atoms with Crippen molar-refractivity contribution in [3.8, 4) is 11.5 Å². The number of benzene rings is 1. The lowest BCUT2D eigenvalue weighted by atomic mass is 9.87. The molecular formula is C41H47F4N7O3. The second kappa shape index (κ2) is 15.7. The Bertz CT molecular complexity index is 2110. The number of fused-ring (bicyclic) bond motifs is 2. The molecule has 2 amide bonds. The number of nitrogens with one attached hydrogen (secondary N) is 1. The number of nitrogens with zero attached hydrogens (tertiary/aromatic N) is 6. The Morgan fingerprint density at radius 1 is 1.00 bits per heavy atom. The Morgan fingerprint density at radius 2 is 1.76 bits per heavy atom. The monoisotopic (exact) mass is 761 g/mol. The smallest absolute Gasteiger partial charge is 0.416 e. The summed E-state index contributed by atoms with van der Waals surface area (Å²) in [6, 6.07) is 7.39. The Kier molecular flexibility index (Phi) is 11.0. The van der Waals surface area contributed by atoms with Crippen molar-refractivity contribution in [1.82, 2.24) is 34.6 Å². The van der Waals surface area contributed by atoms with Crippen molar-refractivity contribution in [2.24, 2.45) is 0 Å². The second-order valence-electron chi connectivity index (χ2n) is 14.8. The summed E-state index contributed by atoms with van der Waals surface area (Å²) in [5, 5.41) is 0.446. The largest absolute Gasteiger partial charge is 0.452 e. The van der Waals surface area contributed by atoms with E-state index in [0.717, 1.165) is 54.4 Å². The van der Waals surface area contributed by atoms with Gasteiger partial charge in [0.25, 0.3) is 0 Å². The van der Waals surface area contributed by atoms with E-state index in [1.54, 1.807) is 41.1 Å². The molecule has 2 unspecified atom stereocenters. The van der Waals surface area contributed by atoms with Crippen molar-refractivity contribution in [3.63, 3.8) is 0 Å². The number of likely N-dealkylation sites (N-methyl/N-ethyl adjacent to an activating group) is 1. The molecule has 1 N–H and O–H groups in total. The lowest BCUT2D eigenvalue weighted by Gasteiger charge is -2.39. The summed E-state index contributed by atoms with van der Waals surface area (Å²) in [6.07, 6.45) is 1.20. The molecule has 0 saturated carbocycles. The molecule has 6 heterocycles. The Morgan fingerprint density at radius 3 is 2.44 bits per heavy atom. The van der Waals surface area contributed by atoms with E-state index in [1.807, 2.05) is 24.8 Å². The Hall–Kier alpha value is -4.82. The van der Waals surface area contributed by atoms with Gasteiger partial charge in [-0.25, -0.2) is 9.37 Å². The number of hydrogen-bond donors (Lipinski definition) is 1. The van der Waals surface area contributed by atoms with Gasteiger partial charge >= 0.3 is 6.18 Å². The van der Waals surface area contributed by atoms with Gasteiger partial charge in [-0.05, 0) is 66.8 Å². The van der Waals surface area contributed by atoms with Gasteiger partial charge in [0.1, 0.15) is 11.4 Å². The molecule has 0 radical (unpaired) electrons. The maximum atomic E-state index is 15.4. The second-order valence-corrected chi connectivity index (χ2v) is 14.8. The lowest BCUT2D eigenvalue weighted by molar-refractivity contribution is -0.139. The first kappa shape index (κ1) is 38.5. The van der Waals surface area contributed by atoms with Crippen molar-refractivity contribution in [2.75, 3.05) is 52.4 Å². The van der Waals surface area contributed by atoms with Crippen molar-refractivity contribution in [2.45, 2.75) is 71.6 Å². The molecule has 14 heteroatoms. The van der Waals surface area contributed by atoms with Crippen LogP contribution in [0.25, 0.3) is 16.6 Å². The van der Waals surface area contributed by atoms with E-state index in [0.29, 0.717) is 62.2 Å². The van der Waals surface area contributed by atoms with Crippen LogP contribution in [0.1, 0.15) is 86.1 Å². The molecule has 7 rings (SSSR count). The zero-order valence-corrected chi connectivity index (χ0v) is 31.7. The Labute approximate surface area is 318 Å². The van der Waals surface area contributed by atoms with Crippen LogP contribution in [0.5, 0.6) is 11.5 Å². The number of ether oxygens (including phenoxy) is 1. The van der Waals surface area contributed by atoms with Crippen LogP contribution >= 0.6 is 0 Å². The topological polar surface area (TPSA) is 97.9 Å². The van der Waals surface area contributed by atoms with Crippen LogP contribution in [0.15, 0.2) is 48.8 Å². The molecule has 10 nitrogen and oxygen atoms in total. The highest BCUT2D eigenvalue weighted by Gasteiger charge is 2.37. The lowest BCUT2D eigenvalue weighted by Crippen LogP contribution is -2.45. The van der Waals surface area contributed by atoms with E-state index >= 15 is 4.39 Å². The fraction of sp³-hybridized carbons (Fsp3) is 0.463. The van der Waals surface area contributed by atoms with Gasteiger partial charge in [-0.1, -0.05) is 32.1 Å². The van der Waals surface area contributed by atoms with Crippen LogP contribution in [-0.2, 0) is 28.7 Å². The third kappa shape index (κ3) is 8.11. The highest BCUT2D eigenvalue weighted by atomic mass is 19.4. The molecule has 55 heavy (non-hydrogen) atoms. The molecule has 3 aliphatic heterocycles. The summed E-state index contributed by atoms with van der Waals surface area (Å²) in [7, 11) is 0. The van der Waals surface area contributed by atoms with Crippen LogP contribution in [0.3, 0.4) is 0 Å². The summed E-state index contributed by atoms with van der Waals surface area (Å²) < 4.78 is 64.6. The fourth-order valence-electron chi connectivity index (χ4n) is 8.03. The van der Waals surface area contributed by atoms with Gasteiger partial charge in [0.05, 0.1) is 41.5 Å². The zero-order chi connectivity index (χ0) is 39.0. The van der Waals surface area contributed by atoms with Crippen molar-refractivity contribution in [3.05, 3.63) is 88.3 Å². The van der Waals surface area contributed by atoms with Gasteiger partial charge < -0.3 is 24.4 Å². The molecule has 0 spiro atoms. The first-order chi connectivity index (χ1) is 26.3. The number of carbonyl (C=O) groups is 2. The number of piperazine rings is 1. The van der Waals surface area contributed by atoms with Crippen LogP contribution in [0.4, 0.5) is 17.6 Å². The summed E-state index contributed by atoms with van der Waals surface area (Å²) in [5.74, 6) is -0.787. The summed E-state index contributed by atoms with van der Waals surface area (Å²) >= 11 is 0. The third-order valence-corrected chi connectivity index (χ3v) is 11.4. The SMILES string of the molecule is CCC1CN(C(=O)Cc2ccc(CN3CCN(CC)CC3)c(C(F)(F)F)c2)C(C)c2cc(Oc3c(F)cnc4[nH]c(C5=CCN(C(C)=O)CC5)cc34)cnc21. The van der Waals surface area contributed by atoms with Gasteiger partial charge in [0.2, 0.25) is 11.8 Å². The van der Waals surface area contributed by atoms with Crippen molar-refractivity contribution < 1.29 is 31.9 Å². The number of alkyl halides is 3. The minimum Gasteiger partial charge on any atom is -0.452 e. The fourth-order valence-corrected chi connectivity index (χ4v) is 8.03. The summed E-state index contributed by atoms with van der Waals surface area (Å²) in [6.45, 7) is 13.1. The summed E-state index contributed by atoms with van der Waals surface area (Å²) in [5.41, 5.74) is 3.57. The van der Waals surface area contributed by atoms with E-state index in [9.17, 15) is 22.8 Å². The summed E-state index contributed by atoms with van der Waals surface area (Å²) in [4.78, 5) is 45.7. The predicted octanol–water partition coefficient (Wildman–Crippen LogP) is 7.32. The molecule has 1 aromatic carbocycles. The van der Waals surface area contributed by atoms with E-state index in [4.69, 9.17) is 9.72 Å². The number of rotatable bonds is 9. The number of pyridine rings is 2. The quantitative estimate of drug-likeness (QED) is 0.179. The molecule has 1 saturated heterocycles. The molecule has 292 valence electrons. The first-order valence-electron chi connectivity index (χ1n) is 19.1. The number of carbonyl (C=O) groups excluding carboxylic acids is 2. The normalized spacial score (nSPS) is 19.7. The number of aromatic amines is 1. The van der Waals surface area contributed by atoms with Crippen LogP contribution in [-0.4, -0.2) is 98.7 Å². The van der Waals surface area contributed by atoms with E-state index in [1.165, 1.54) is 6.07 Å². The molecule has 1 fully saturated rings. The van der Waals surface area contributed by atoms with Gasteiger partial charge in [-0.3, -0.25) is 19.5 Å². The average molecular weight is 762 g/mol. The van der Waals surface area contributed by atoms with Crippen LogP contribution < -0.4 is 4.74 Å². The van der Waals surface area contributed by atoms with E-state index < -0.39 is 23.6 Å². The molecule has 3 aliphatic rings. The number of aromatic nitrogens is 3. The molecule has 3 aromatic heterocycles. The molecule has 0 aliphatic carbocycles. The van der Waals surface area contributed by atoms with E-state index in [2.05, 4.69) is 21.8 Å². The standard InChI is InChI=1S/C41H47F4N7O3/c1-5-28-24-52(37(54)18-27-7-8-30(34(17-27)41(43,44)45)23-50-15-13-49(6-2)14-16-50)25(3)32-19-31(21-46-38(28)32)55-39-33-20-36(48-40(33)47-22-35(39)42)29-9-11-51(12-10-29)26(4)53/h7-9,17,19-22,25,28H,5-6,10-16,18,23-24H2,1-4H3,(H,47,48). The minimum atomic E-state index is -4.56. The maximum absolute atomic E-state index is 15.4. The highest BCUT2D eigenvalue weighted by molar-refractivity contribution is 5.88. The zero-order valence-electron chi connectivity index (χ0n) is 31.7. The molecular weight excluding hydrogens is 714 g/mol. The average Bonchev–Trinajstić information content (AvgIpc) is 3.61. The number of amides is 2. The number of hydrogen-bond acceptors (Lipinski definition) is 7. The number of H-pyrrole nitrogens is 1. The molecule has 0 bridgehead atoms. The van der Waals surface area contributed by atoms with Gasteiger partial charge in [-0.15, -0.1) is 0 Å². The third-order valence-electron chi connectivity index (χ3n) is 11.4. The van der Waals surface area contributed by atoms with Crippen molar-refractivity contribution in [1.29, 1.82) is 0 Å². The maximum Gasteiger partial charge on any atom is 0.416 e. The van der Waals surface area contributed by atoms with Gasteiger partial charge in [0.15, 0.2) is 11.6 Å². The number of halogens is 4. The van der Waals surface area contributed by atoms with Gasteiger partial charge in [-0.2, -0.15) is 13.2 Å². The van der Waals surface area contributed by atoms with E-state index in [-0.39, 0.29) is 47.8 Å². The predicted molar refractivity (Wildman–Crippen MR) is 201 cm³/mol. The first-order valence-corrected chi connectivity index (χ1v) is 19.1. The highest BCUT2D eigenvalue weighted by Crippen LogP contribution is 2.41. The minimum absolute atomic E-state index is 0.00812.